The maximum Gasteiger partial charge on any atom is 0.242 e. The molecule has 1 heterocycles. The molecule has 3 unspecified atom stereocenters. The van der Waals surface area contributed by atoms with Gasteiger partial charge in [0, 0.05) is 13.1 Å². The first-order chi connectivity index (χ1) is 9.26. The quantitative estimate of drug-likeness (QED) is 0.789. The van der Waals surface area contributed by atoms with Gasteiger partial charge in [0.1, 0.15) is 0 Å². The normalized spacial score (nSPS) is 37.8. The van der Waals surface area contributed by atoms with E-state index in [9.17, 15) is 9.90 Å². The van der Waals surface area contributed by atoms with Crippen molar-refractivity contribution in [3.8, 4) is 0 Å². The lowest BCUT2D eigenvalue weighted by Gasteiger charge is -2.46. The van der Waals surface area contributed by atoms with E-state index in [1.54, 1.807) is 4.90 Å². The Morgan fingerprint density at radius 2 is 2.20 bits per heavy atom. The zero-order valence-electron chi connectivity index (χ0n) is 12.9. The van der Waals surface area contributed by atoms with E-state index >= 15 is 0 Å². The SMILES string of the molecule is CC1CCCC(N)(C(=O)N2CC(CO)OC(C)(C)C2)C1. The Morgan fingerprint density at radius 3 is 2.80 bits per heavy atom. The minimum Gasteiger partial charge on any atom is -0.394 e. The van der Waals surface area contributed by atoms with E-state index in [4.69, 9.17) is 10.5 Å². The van der Waals surface area contributed by atoms with E-state index in [0.717, 1.165) is 25.7 Å². The van der Waals surface area contributed by atoms with Gasteiger partial charge in [-0.15, -0.1) is 0 Å². The molecule has 20 heavy (non-hydrogen) atoms. The van der Waals surface area contributed by atoms with E-state index in [1.807, 2.05) is 13.8 Å². The van der Waals surface area contributed by atoms with Gasteiger partial charge in [-0.1, -0.05) is 19.8 Å². The molecule has 2 aliphatic rings. The fourth-order valence-electron chi connectivity index (χ4n) is 3.65. The number of hydrogen-bond acceptors (Lipinski definition) is 4. The Kier molecular flexibility index (Phi) is 4.42. The number of amides is 1. The Hall–Kier alpha value is -0.650. The summed E-state index contributed by atoms with van der Waals surface area (Å²) in [6.07, 6.45) is 3.37. The molecule has 1 amide bonds. The molecule has 2 rings (SSSR count). The second-order valence-corrected chi connectivity index (χ2v) is 7.23. The summed E-state index contributed by atoms with van der Waals surface area (Å²) in [7, 11) is 0. The average Bonchev–Trinajstić information content (AvgIpc) is 2.35. The summed E-state index contributed by atoms with van der Waals surface area (Å²) < 4.78 is 5.76. The molecule has 1 saturated heterocycles. The second-order valence-electron chi connectivity index (χ2n) is 7.23. The van der Waals surface area contributed by atoms with Gasteiger partial charge in [0.05, 0.1) is 23.9 Å². The van der Waals surface area contributed by atoms with Gasteiger partial charge in [0.2, 0.25) is 5.91 Å². The Morgan fingerprint density at radius 1 is 1.50 bits per heavy atom. The van der Waals surface area contributed by atoms with E-state index in [-0.39, 0.29) is 18.6 Å². The van der Waals surface area contributed by atoms with Crippen molar-refractivity contribution in [1.29, 1.82) is 0 Å². The minimum atomic E-state index is -0.731. The molecular weight excluding hydrogens is 256 g/mol. The maximum absolute atomic E-state index is 12.8. The van der Waals surface area contributed by atoms with Crippen molar-refractivity contribution in [2.24, 2.45) is 11.7 Å². The molecule has 5 nitrogen and oxygen atoms in total. The van der Waals surface area contributed by atoms with Crippen molar-refractivity contribution in [1.82, 2.24) is 4.90 Å². The van der Waals surface area contributed by atoms with Crippen LogP contribution in [0.1, 0.15) is 46.5 Å². The van der Waals surface area contributed by atoms with Crippen molar-refractivity contribution in [3.05, 3.63) is 0 Å². The van der Waals surface area contributed by atoms with Crippen LogP contribution in [0.5, 0.6) is 0 Å². The molecular formula is C15H28N2O3. The third-order valence-corrected chi connectivity index (χ3v) is 4.43. The lowest BCUT2D eigenvalue weighted by Crippen LogP contribution is -2.63. The van der Waals surface area contributed by atoms with Crippen molar-refractivity contribution in [2.45, 2.75) is 63.7 Å². The van der Waals surface area contributed by atoms with Crippen LogP contribution < -0.4 is 5.73 Å². The Labute approximate surface area is 121 Å². The van der Waals surface area contributed by atoms with Crippen LogP contribution in [0, 0.1) is 5.92 Å². The maximum atomic E-state index is 12.8. The second kappa shape index (κ2) is 5.62. The van der Waals surface area contributed by atoms with Crippen molar-refractivity contribution < 1.29 is 14.6 Å². The summed E-state index contributed by atoms with van der Waals surface area (Å²) >= 11 is 0. The van der Waals surface area contributed by atoms with Gasteiger partial charge >= 0.3 is 0 Å². The molecule has 5 heteroatoms. The standard InChI is InChI=1S/C15H28N2O3/c1-11-5-4-6-15(16,7-11)13(19)17-8-12(9-18)20-14(2,3)10-17/h11-12,18H,4-10,16H2,1-3H3. The highest BCUT2D eigenvalue weighted by Crippen LogP contribution is 2.33. The number of nitrogens with two attached hydrogens (primary N) is 1. The molecule has 2 fully saturated rings. The first-order valence-electron chi connectivity index (χ1n) is 7.63. The number of carbonyl (C=O) groups is 1. The van der Waals surface area contributed by atoms with Gasteiger partial charge in [0.25, 0.3) is 0 Å². The molecule has 0 aromatic rings. The summed E-state index contributed by atoms with van der Waals surface area (Å²) in [5.41, 5.74) is 5.24. The van der Waals surface area contributed by atoms with E-state index < -0.39 is 11.1 Å². The van der Waals surface area contributed by atoms with Gasteiger partial charge in [-0.2, -0.15) is 0 Å². The molecule has 0 aromatic carbocycles. The molecule has 0 aromatic heterocycles. The highest BCUT2D eigenvalue weighted by atomic mass is 16.5. The summed E-state index contributed by atoms with van der Waals surface area (Å²) in [6, 6.07) is 0. The number of carbonyl (C=O) groups excluding carboxylic acids is 1. The number of rotatable bonds is 2. The summed E-state index contributed by atoms with van der Waals surface area (Å²) in [5, 5.41) is 9.35. The third kappa shape index (κ3) is 3.32. The van der Waals surface area contributed by atoms with E-state index in [2.05, 4.69) is 6.92 Å². The molecule has 3 N–H and O–H groups in total. The number of morpholine rings is 1. The highest BCUT2D eigenvalue weighted by Gasteiger charge is 2.44. The smallest absolute Gasteiger partial charge is 0.242 e. The van der Waals surface area contributed by atoms with Crippen molar-refractivity contribution in [2.75, 3.05) is 19.7 Å². The predicted octanol–water partition coefficient (Wildman–Crippen LogP) is 0.892. The van der Waals surface area contributed by atoms with Crippen molar-refractivity contribution in [3.63, 3.8) is 0 Å². The third-order valence-electron chi connectivity index (χ3n) is 4.43. The van der Waals surface area contributed by atoms with Crippen LogP contribution in [-0.4, -0.2) is 52.9 Å². The fourth-order valence-corrected chi connectivity index (χ4v) is 3.65. The number of aliphatic hydroxyl groups is 1. The molecule has 1 saturated carbocycles. The van der Waals surface area contributed by atoms with Gasteiger partial charge in [0.15, 0.2) is 0 Å². The van der Waals surface area contributed by atoms with Gasteiger partial charge in [-0.05, 0) is 32.6 Å². The van der Waals surface area contributed by atoms with Gasteiger partial charge in [-0.3, -0.25) is 4.79 Å². The monoisotopic (exact) mass is 284 g/mol. The van der Waals surface area contributed by atoms with Gasteiger partial charge in [-0.25, -0.2) is 0 Å². The fraction of sp³-hybridized carbons (Fsp3) is 0.933. The molecule has 1 aliphatic carbocycles. The van der Waals surface area contributed by atoms with Crippen LogP contribution >= 0.6 is 0 Å². The number of hydrogen-bond donors (Lipinski definition) is 2. The van der Waals surface area contributed by atoms with E-state index in [1.165, 1.54) is 0 Å². The number of ether oxygens (including phenoxy) is 1. The number of nitrogens with zero attached hydrogens (tertiary/aromatic N) is 1. The summed E-state index contributed by atoms with van der Waals surface area (Å²) in [4.78, 5) is 14.6. The first-order valence-corrected chi connectivity index (χ1v) is 7.63. The van der Waals surface area contributed by atoms with E-state index in [0.29, 0.717) is 19.0 Å². The zero-order valence-corrected chi connectivity index (χ0v) is 12.9. The Balaban J connectivity index is 2.11. The van der Waals surface area contributed by atoms with Crippen LogP contribution in [0.25, 0.3) is 0 Å². The first kappa shape index (κ1) is 15.7. The molecule has 0 spiro atoms. The van der Waals surface area contributed by atoms with Crippen LogP contribution in [0.15, 0.2) is 0 Å². The predicted molar refractivity (Wildman–Crippen MR) is 77.2 cm³/mol. The molecule has 1 aliphatic heterocycles. The molecule has 0 bridgehead atoms. The minimum absolute atomic E-state index is 0.0267. The molecule has 3 atom stereocenters. The summed E-state index contributed by atoms with van der Waals surface area (Å²) in [6.45, 7) is 6.96. The van der Waals surface area contributed by atoms with Crippen LogP contribution in [0.2, 0.25) is 0 Å². The van der Waals surface area contributed by atoms with Crippen LogP contribution in [0.3, 0.4) is 0 Å². The highest BCUT2D eigenvalue weighted by molar-refractivity contribution is 5.86. The zero-order chi connectivity index (χ0) is 15.0. The van der Waals surface area contributed by atoms with Gasteiger partial charge < -0.3 is 20.5 Å². The average molecular weight is 284 g/mol. The molecule has 0 radical (unpaired) electrons. The Bertz CT molecular complexity index is 372. The topological polar surface area (TPSA) is 75.8 Å². The largest absolute Gasteiger partial charge is 0.394 e. The number of aliphatic hydroxyl groups excluding tert-OH is 1. The van der Waals surface area contributed by atoms with Crippen LogP contribution in [0.4, 0.5) is 0 Å². The summed E-state index contributed by atoms with van der Waals surface area (Å²) in [5.74, 6) is 0.527. The lowest BCUT2D eigenvalue weighted by molar-refractivity contribution is -0.172. The van der Waals surface area contributed by atoms with Crippen LogP contribution in [-0.2, 0) is 9.53 Å². The van der Waals surface area contributed by atoms with Crippen molar-refractivity contribution >= 4 is 5.91 Å². The molecule has 116 valence electrons. The lowest BCUT2D eigenvalue weighted by atomic mass is 9.76.